The van der Waals surface area contributed by atoms with Crippen LogP contribution in [0.4, 0.5) is 5.69 Å². The van der Waals surface area contributed by atoms with E-state index < -0.39 is 10.0 Å². The first kappa shape index (κ1) is 17.2. The summed E-state index contributed by atoms with van der Waals surface area (Å²) in [4.78, 5) is 12.1. The minimum atomic E-state index is -3.44. The maximum atomic E-state index is 12.7. The van der Waals surface area contributed by atoms with Gasteiger partial charge < -0.3 is 10.6 Å². The lowest BCUT2D eigenvalue weighted by Crippen LogP contribution is -2.35. The van der Waals surface area contributed by atoms with Gasteiger partial charge in [0.25, 0.3) is 0 Å². The third-order valence-electron chi connectivity index (χ3n) is 4.52. The highest BCUT2D eigenvalue weighted by Gasteiger charge is 2.26. The molecule has 1 aromatic carbocycles. The van der Waals surface area contributed by atoms with E-state index in [9.17, 15) is 13.2 Å². The summed E-state index contributed by atoms with van der Waals surface area (Å²) in [6.45, 7) is 2.07. The molecule has 1 aliphatic heterocycles. The van der Waals surface area contributed by atoms with Crippen LogP contribution < -0.4 is 10.6 Å². The average molecular weight is 351 g/mol. The molecule has 0 unspecified atom stereocenters. The number of rotatable bonds is 7. The van der Waals surface area contributed by atoms with Crippen molar-refractivity contribution in [1.82, 2.24) is 9.62 Å². The van der Waals surface area contributed by atoms with E-state index in [-0.39, 0.29) is 17.3 Å². The highest BCUT2D eigenvalue weighted by molar-refractivity contribution is 7.89. The molecule has 0 aromatic heterocycles. The van der Waals surface area contributed by atoms with Crippen molar-refractivity contribution in [3.63, 3.8) is 0 Å². The molecular formula is C17H25N3O3S. The van der Waals surface area contributed by atoms with E-state index >= 15 is 0 Å². The Balaban J connectivity index is 1.59. The topological polar surface area (TPSA) is 78.5 Å². The lowest BCUT2D eigenvalue weighted by molar-refractivity contribution is -0.119. The average Bonchev–Trinajstić information content (AvgIpc) is 3.43. The molecule has 1 heterocycles. The van der Waals surface area contributed by atoms with Crippen LogP contribution in [0, 0.1) is 5.92 Å². The highest BCUT2D eigenvalue weighted by atomic mass is 32.2. The molecule has 3 rings (SSSR count). The Morgan fingerprint density at radius 2 is 1.92 bits per heavy atom. The number of nitrogens with zero attached hydrogens (tertiary/aromatic N) is 1. The molecule has 0 atom stereocenters. The second-order valence-corrected chi connectivity index (χ2v) is 8.53. The monoisotopic (exact) mass is 351 g/mol. The van der Waals surface area contributed by atoms with E-state index in [1.54, 1.807) is 28.6 Å². The fourth-order valence-electron chi connectivity index (χ4n) is 2.85. The highest BCUT2D eigenvalue weighted by Crippen LogP contribution is 2.27. The molecule has 1 amide bonds. The number of carbonyl (C=O) groups is 1. The van der Waals surface area contributed by atoms with Crippen LogP contribution in [0.15, 0.2) is 29.2 Å². The molecule has 2 N–H and O–H groups in total. The summed E-state index contributed by atoms with van der Waals surface area (Å²) >= 11 is 0. The molecular weight excluding hydrogens is 326 g/mol. The van der Waals surface area contributed by atoms with Gasteiger partial charge in [0.2, 0.25) is 15.9 Å². The van der Waals surface area contributed by atoms with Gasteiger partial charge >= 0.3 is 0 Å². The van der Waals surface area contributed by atoms with Crippen LogP contribution in [0.25, 0.3) is 0 Å². The van der Waals surface area contributed by atoms with Crippen LogP contribution in [0.1, 0.15) is 32.1 Å². The van der Waals surface area contributed by atoms with Crippen molar-refractivity contribution >= 4 is 21.6 Å². The molecule has 24 heavy (non-hydrogen) atoms. The van der Waals surface area contributed by atoms with Gasteiger partial charge in [-0.3, -0.25) is 4.79 Å². The molecule has 132 valence electrons. The summed E-state index contributed by atoms with van der Waals surface area (Å²) < 4.78 is 26.9. The van der Waals surface area contributed by atoms with Crippen molar-refractivity contribution in [3.05, 3.63) is 24.3 Å². The first-order valence-electron chi connectivity index (χ1n) is 8.66. The van der Waals surface area contributed by atoms with Gasteiger partial charge in [0, 0.05) is 25.3 Å². The number of amides is 1. The van der Waals surface area contributed by atoms with Crippen molar-refractivity contribution < 1.29 is 13.2 Å². The Labute approximate surface area is 143 Å². The predicted octanol–water partition coefficient (Wildman–Crippen LogP) is 1.80. The van der Waals surface area contributed by atoms with Crippen LogP contribution in [0.2, 0.25) is 0 Å². The summed E-state index contributed by atoms with van der Waals surface area (Å²) in [5.74, 6) is 0.582. The molecule has 2 fully saturated rings. The number of benzene rings is 1. The summed E-state index contributed by atoms with van der Waals surface area (Å²) in [7, 11) is -3.44. The van der Waals surface area contributed by atoms with Gasteiger partial charge in [-0.15, -0.1) is 0 Å². The Morgan fingerprint density at radius 3 is 2.62 bits per heavy atom. The van der Waals surface area contributed by atoms with E-state index in [4.69, 9.17) is 0 Å². The minimum absolute atomic E-state index is 0.0637. The molecule has 1 saturated heterocycles. The summed E-state index contributed by atoms with van der Waals surface area (Å²) in [6.07, 6.45) is 5.31. The van der Waals surface area contributed by atoms with Crippen LogP contribution in [0.5, 0.6) is 0 Å². The third-order valence-corrected chi connectivity index (χ3v) is 6.42. The van der Waals surface area contributed by atoms with E-state index in [0.717, 1.165) is 25.8 Å². The molecule has 6 nitrogen and oxygen atoms in total. The van der Waals surface area contributed by atoms with Crippen LogP contribution in [0.3, 0.4) is 0 Å². The van der Waals surface area contributed by atoms with Crippen molar-refractivity contribution in [3.8, 4) is 0 Å². The summed E-state index contributed by atoms with van der Waals surface area (Å²) in [5, 5.41) is 5.89. The van der Waals surface area contributed by atoms with E-state index in [0.29, 0.717) is 24.7 Å². The van der Waals surface area contributed by atoms with Gasteiger partial charge in [-0.25, -0.2) is 8.42 Å². The molecule has 1 saturated carbocycles. The summed E-state index contributed by atoms with van der Waals surface area (Å²) in [6, 6.07) is 6.71. The molecule has 2 aliphatic rings. The third kappa shape index (κ3) is 4.48. The Kier molecular flexibility index (Phi) is 5.40. The second kappa shape index (κ2) is 7.53. The number of anilines is 1. The van der Waals surface area contributed by atoms with Gasteiger partial charge in [-0.1, -0.05) is 12.5 Å². The van der Waals surface area contributed by atoms with E-state index in [1.165, 1.54) is 12.8 Å². The lowest BCUT2D eigenvalue weighted by atomic mass is 10.2. The number of piperidine rings is 1. The standard InChI is InChI=1S/C17H25N3O3S/c21-17(19-12-14-7-8-14)13-18-15-5-4-6-16(11-15)24(22,23)20-9-2-1-3-10-20/h4-6,11,14,18H,1-3,7-10,12-13H2,(H,19,21). The largest absolute Gasteiger partial charge is 0.376 e. The normalized spacial score (nSPS) is 19.0. The van der Waals surface area contributed by atoms with Gasteiger partial charge in [0.05, 0.1) is 11.4 Å². The number of nitrogens with one attached hydrogen (secondary N) is 2. The van der Waals surface area contributed by atoms with Crippen molar-refractivity contribution in [2.45, 2.75) is 37.0 Å². The smallest absolute Gasteiger partial charge is 0.243 e. The first-order chi connectivity index (χ1) is 11.6. The zero-order valence-electron chi connectivity index (χ0n) is 13.8. The minimum Gasteiger partial charge on any atom is -0.376 e. The maximum absolute atomic E-state index is 12.7. The van der Waals surface area contributed by atoms with Crippen LogP contribution in [-0.4, -0.2) is 44.8 Å². The number of hydrogen-bond donors (Lipinski definition) is 2. The maximum Gasteiger partial charge on any atom is 0.243 e. The fourth-order valence-corrected chi connectivity index (χ4v) is 4.41. The van der Waals surface area contributed by atoms with Gasteiger partial charge in [0.15, 0.2) is 0 Å². The lowest BCUT2D eigenvalue weighted by Gasteiger charge is -2.26. The fraction of sp³-hybridized carbons (Fsp3) is 0.588. The summed E-state index contributed by atoms with van der Waals surface area (Å²) in [5.41, 5.74) is 0.648. The number of carbonyl (C=O) groups excluding carboxylic acids is 1. The number of hydrogen-bond acceptors (Lipinski definition) is 4. The second-order valence-electron chi connectivity index (χ2n) is 6.59. The van der Waals surface area contributed by atoms with Crippen LogP contribution >= 0.6 is 0 Å². The zero-order chi connectivity index (χ0) is 17.0. The van der Waals surface area contributed by atoms with Crippen molar-refractivity contribution in [2.75, 3.05) is 31.5 Å². The van der Waals surface area contributed by atoms with Gasteiger partial charge in [0.1, 0.15) is 0 Å². The molecule has 1 aromatic rings. The molecule has 0 spiro atoms. The predicted molar refractivity (Wildman–Crippen MR) is 93.3 cm³/mol. The van der Waals surface area contributed by atoms with E-state index in [1.807, 2.05) is 0 Å². The van der Waals surface area contributed by atoms with Gasteiger partial charge in [-0.2, -0.15) is 4.31 Å². The first-order valence-corrected chi connectivity index (χ1v) is 10.1. The van der Waals surface area contributed by atoms with Crippen molar-refractivity contribution in [1.29, 1.82) is 0 Å². The molecule has 7 heteroatoms. The molecule has 0 radical (unpaired) electrons. The Morgan fingerprint density at radius 1 is 1.17 bits per heavy atom. The van der Waals surface area contributed by atoms with E-state index in [2.05, 4.69) is 10.6 Å². The number of sulfonamides is 1. The Bertz CT molecular complexity index is 680. The SMILES string of the molecule is O=C(CNc1cccc(S(=O)(=O)N2CCCCC2)c1)NCC1CC1. The van der Waals surface area contributed by atoms with Crippen molar-refractivity contribution in [2.24, 2.45) is 5.92 Å². The van der Waals surface area contributed by atoms with Crippen LogP contribution in [-0.2, 0) is 14.8 Å². The Hall–Kier alpha value is -1.60. The quantitative estimate of drug-likeness (QED) is 0.785. The van der Waals surface area contributed by atoms with Gasteiger partial charge in [-0.05, 0) is 49.8 Å². The zero-order valence-corrected chi connectivity index (χ0v) is 14.6. The molecule has 0 bridgehead atoms. The molecule has 1 aliphatic carbocycles.